The van der Waals surface area contributed by atoms with Crippen LogP contribution in [0.15, 0.2) is 79.1 Å². The van der Waals surface area contributed by atoms with Gasteiger partial charge in [-0.1, -0.05) is 30.3 Å². The van der Waals surface area contributed by atoms with E-state index in [-0.39, 0.29) is 12.5 Å². The molecule has 0 saturated heterocycles. The number of benzene rings is 2. The van der Waals surface area contributed by atoms with E-state index in [1.807, 2.05) is 61.5 Å². The number of nitrogens with zero attached hydrogens (tertiary/aromatic N) is 5. The smallest absolute Gasteiger partial charge is 0.312 e. The average Bonchev–Trinajstić information content (AvgIpc) is 3.35. The maximum atomic E-state index is 12.7. The molecule has 2 heterocycles. The largest absolute Gasteiger partial charge is 0.474 e. The van der Waals surface area contributed by atoms with Gasteiger partial charge in [-0.05, 0) is 69.4 Å². The standard InChI is InChI=1S/C31H34N5O5P/c1-6-40-42(38,39)41-22(2)36-21-29(25-12-7-10-23(16-25)19-32)28-18-26(20-33-31(28)36)24-11-8-13-27(17-24)35(5)30(37)14-9-15-34(3)4/h7-14,16-18,20-22H,6,15H2,1-5H3,(H,38,39). The van der Waals surface area contributed by atoms with Crippen molar-refractivity contribution in [2.24, 2.45) is 0 Å². The number of amides is 1. The summed E-state index contributed by atoms with van der Waals surface area (Å²) >= 11 is 0. The molecule has 0 saturated carbocycles. The molecule has 218 valence electrons. The van der Waals surface area contributed by atoms with Crippen LogP contribution >= 0.6 is 7.82 Å². The van der Waals surface area contributed by atoms with Gasteiger partial charge in [0.15, 0.2) is 0 Å². The fourth-order valence-corrected chi connectivity index (χ4v) is 5.36. The molecule has 1 N–H and O–H groups in total. The highest BCUT2D eigenvalue weighted by Gasteiger charge is 2.26. The summed E-state index contributed by atoms with van der Waals surface area (Å²) in [5, 5.41) is 10.2. The summed E-state index contributed by atoms with van der Waals surface area (Å²) in [5.41, 5.74) is 4.95. The Hall–Kier alpha value is -4.10. The number of rotatable bonds is 11. The lowest BCUT2D eigenvalue weighted by molar-refractivity contribution is -0.113. The van der Waals surface area contributed by atoms with Gasteiger partial charge in [0.2, 0.25) is 5.91 Å². The lowest BCUT2D eigenvalue weighted by atomic mass is 10.0. The molecule has 0 spiro atoms. The second kappa shape index (κ2) is 13.3. The minimum atomic E-state index is -4.29. The van der Waals surface area contributed by atoms with Gasteiger partial charge in [0.1, 0.15) is 11.9 Å². The highest BCUT2D eigenvalue weighted by atomic mass is 31.2. The molecule has 10 nitrogen and oxygen atoms in total. The molecule has 0 aliphatic rings. The molecule has 0 fully saturated rings. The fourth-order valence-electron chi connectivity index (χ4n) is 4.49. The van der Waals surface area contributed by atoms with Crippen molar-refractivity contribution in [3.05, 3.63) is 84.7 Å². The SMILES string of the molecule is CCOP(=O)(O)OC(C)n1cc(-c2cccc(C#N)c2)c2cc(-c3cccc(N(C)C(=O)C=CCN(C)C)c3)cnc21. The van der Waals surface area contributed by atoms with Gasteiger partial charge in [-0.2, -0.15) is 5.26 Å². The van der Waals surface area contributed by atoms with E-state index in [9.17, 15) is 19.5 Å². The molecule has 2 atom stereocenters. The van der Waals surface area contributed by atoms with Crippen molar-refractivity contribution in [2.75, 3.05) is 39.2 Å². The van der Waals surface area contributed by atoms with Crippen molar-refractivity contribution in [3.8, 4) is 28.3 Å². The lowest BCUT2D eigenvalue weighted by Crippen LogP contribution is -2.24. The Morgan fingerprint density at radius 3 is 2.60 bits per heavy atom. The first-order valence-corrected chi connectivity index (χ1v) is 14.9. The molecule has 11 heteroatoms. The maximum Gasteiger partial charge on any atom is 0.474 e. The van der Waals surface area contributed by atoms with Crippen molar-refractivity contribution in [2.45, 2.75) is 20.1 Å². The molecule has 2 aromatic heterocycles. The van der Waals surface area contributed by atoms with E-state index >= 15 is 0 Å². The van der Waals surface area contributed by atoms with E-state index in [0.29, 0.717) is 17.8 Å². The lowest BCUT2D eigenvalue weighted by Gasteiger charge is -2.19. The Labute approximate surface area is 245 Å². The van der Waals surface area contributed by atoms with Crippen LogP contribution in [0.4, 0.5) is 5.69 Å². The Balaban J connectivity index is 1.78. The van der Waals surface area contributed by atoms with Gasteiger partial charge in [-0.3, -0.25) is 13.8 Å². The summed E-state index contributed by atoms with van der Waals surface area (Å²) in [6, 6.07) is 18.9. The van der Waals surface area contributed by atoms with Crippen LogP contribution in [0, 0.1) is 11.3 Å². The van der Waals surface area contributed by atoms with Gasteiger partial charge < -0.3 is 19.3 Å². The van der Waals surface area contributed by atoms with E-state index < -0.39 is 14.1 Å². The predicted molar refractivity (Wildman–Crippen MR) is 164 cm³/mol. The third kappa shape index (κ3) is 7.21. The quantitative estimate of drug-likeness (QED) is 0.168. The normalized spacial score (nSPS) is 13.8. The van der Waals surface area contributed by atoms with E-state index in [1.165, 1.54) is 0 Å². The third-order valence-electron chi connectivity index (χ3n) is 6.57. The van der Waals surface area contributed by atoms with Gasteiger partial charge in [0, 0.05) is 54.3 Å². The number of pyridine rings is 1. The first kappa shape index (κ1) is 30.8. The van der Waals surface area contributed by atoms with Crippen LogP contribution in [0.25, 0.3) is 33.3 Å². The molecule has 42 heavy (non-hydrogen) atoms. The molecule has 4 aromatic rings. The Morgan fingerprint density at radius 1 is 1.14 bits per heavy atom. The number of aromatic nitrogens is 2. The van der Waals surface area contributed by atoms with E-state index in [4.69, 9.17) is 14.0 Å². The molecule has 1 amide bonds. The molecular formula is C31H34N5O5P. The maximum absolute atomic E-state index is 12.7. The number of carbonyl (C=O) groups excluding carboxylic acids is 1. The summed E-state index contributed by atoms with van der Waals surface area (Å²) in [7, 11) is 1.31. The van der Waals surface area contributed by atoms with Crippen LogP contribution in [0.5, 0.6) is 0 Å². The summed E-state index contributed by atoms with van der Waals surface area (Å²) < 4.78 is 24.3. The zero-order valence-corrected chi connectivity index (χ0v) is 25.2. The summed E-state index contributed by atoms with van der Waals surface area (Å²) in [4.78, 5) is 31.1. The van der Waals surface area contributed by atoms with Gasteiger partial charge in [0.05, 0.1) is 18.2 Å². The van der Waals surface area contributed by atoms with Crippen molar-refractivity contribution in [1.82, 2.24) is 14.5 Å². The molecule has 2 unspecified atom stereocenters. The van der Waals surface area contributed by atoms with Crippen LogP contribution < -0.4 is 4.90 Å². The first-order chi connectivity index (χ1) is 20.0. The zero-order valence-electron chi connectivity index (χ0n) is 24.3. The number of hydrogen-bond donors (Lipinski definition) is 1. The topological polar surface area (TPSA) is 121 Å². The second-order valence-electron chi connectivity index (χ2n) is 9.94. The predicted octanol–water partition coefficient (Wildman–Crippen LogP) is 5.99. The Bertz CT molecular complexity index is 1710. The minimum absolute atomic E-state index is 0.0208. The highest BCUT2D eigenvalue weighted by molar-refractivity contribution is 7.47. The highest BCUT2D eigenvalue weighted by Crippen LogP contribution is 2.47. The molecule has 4 rings (SSSR count). The monoisotopic (exact) mass is 587 g/mol. The van der Waals surface area contributed by atoms with Gasteiger partial charge in [-0.25, -0.2) is 9.55 Å². The number of phosphoric ester groups is 1. The first-order valence-electron chi connectivity index (χ1n) is 13.4. The Kier molecular flexibility index (Phi) is 9.74. The van der Waals surface area contributed by atoms with E-state index in [2.05, 4.69) is 6.07 Å². The van der Waals surface area contributed by atoms with Crippen molar-refractivity contribution in [1.29, 1.82) is 5.26 Å². The van der Waals surface area contributed by atoms with Crippen LogP contribution in [0.1, 0.15) is 25.6 Å². The third-order valence-corrected chi connectivity index (χ3v) is 7.73. The van der Waals surface area contributed by atoms with Crippen molar-refractivity contribution >= 4 is 30.5 Å². The summed E-state index contributed by atoms with van der Waals surface area (Å²) in [6.45, 7) is 3.92. The van der Waals surface area contributed by atoms with Crippen LogP contribution in [-0.4, -0.2) is 59.5 Å². The molecule has 0 aliphatic heterocycles. The molecular weight excluding hydrogens is 553 g/mol. The van der Waals surface area contributed by atoms with E-state index in [1.54, 1.807) is 67.0 Å². The molecule has 0 radical (unpaired) electrons. The average molecular weight is 588 g/mol. The molecule has 2 aromatic carbocycles. The Morgan fingerprint density at radius 2 is 1.88 bits per heavy atom. The number of likely N-dealkylation sites (N-methyl/N-ethyl adjacent to an activating group) is 2. The zero-order chi connectivity index (χ0) is 30.4. The van der Waals surface area contributed by atoms with Crippen LogP contribution in [-0.2, 0) is 18.4 Å². The molecule has 0 bridgehead atoms. The second-order valence-corrected chi connectivity index (χ2v) is 11.3. The number of carbonyl (C=O) groups is 1. The van der Waals surface area contributed by atoms with Gasteiger partial charge >= 0.3 is 7.82 Å². The summed E-state index contributed by atoms with van der Waals surface area (Å²) in [6.07, 6.45) is 6.00. The fraction of sp³-hybridized carbons (Fsp3) is 0.258. The number of fused-ring (bicyclic) bond motifs is 1. The van der Waals surface area contributed by atoms with E-state index in [0.717, 1.165) is 33.3 Å². The number of phosphoric acid groups is 1. The molecule has 0 aliphatic carbocycles. The van der Waals surface area contributed by atoms with Crippen LogP contribution in [0.2, 0.25) is 0 Å². The van der Waals surface area contributed by atoms with Gasteiger partial charge in [0.25, 0.3) is 0 Å². The minimum Gasteiger partial charge on any atom is -0.312 e. The number of nitriles is 1. The number of hydrogen-bond acceptors (Lipinski definition) is 7. The van der Waals surface area contributed by atoms with Crippen molar-refractivity contribution < 1.29 is 23.3 Å². The van der Waals surface area contributed by atoms with Crippen LogP contribution in [0.3, 0.4) is 0 Å². The number of anilines is 1. The van der Waals surface area contributed by atoms with Gasteiger partial charge in [-0.15, -0.1) is 0 Å². The summed E-state index contributed by atoms with van der Waals surface area (Å²) in [5.74, 6) is -0.137. The van der Waals surface area contributed by atoms with Crippen molar-refractivity contribution in [3.63, 3.8) is 0 Å².